The Balaban J connectivity index is 1.64. The molecule has 1 atom stereocenters. The fourth-order valence-electron chi connectivity index (χ4n) is 4.27. The van der Waals surface area contributed by atoms with Crippen LogP contribution < -0.4 is 5.32 Å². The van der Waals surface area contributed by atoms with Crippen molar-refractivity contribution in [3.05, 3.63) is 64.8 Å². The molecule has 0 spiro atoms. The summed E-state index contributed by atoms with van der Waals surface area (Å²) in [5.74, 6) is 0.0172. The van der Waals surface area contributed by atoms with E-state index in [1.54, 1.807) is 0 Å². The van der Waals surface area contributed by atoms with E-state index in [1.807, 2.05) is 53.9 Å². The Morgan fingerprint density at radius 3 is 2.63 bits per heavy atom. The molecular formula is C24H27ClN4O. The zero-order chi connectivity index (χ0) is 21.3. The van der Waals surface area contributed by atoms with Crippen LogP contribution in [0, 0.1) is 6.92 Å². The first-order valence-corrected chi connectivity index (χ1v) is 10.8. The minimum absolute atomic E-state index is 0.0172. The van der Waals surface area contributed by atoms with Crippen molar-refractivity contribution in [2.24, 2.45) is 7.05 Å². The van der Waals surface area contributed by atoms with Gasteiger partial charge in [-0.3, -0.25) is 9.48 Å². The first kappa shape index (κ1) is 20.6. The number of hydrogen-bond acceptors (Lipinski definition) is 3. The number of carbonyl (C=O) groups excluding carboxylic acids is 1. The van der Waals surface area contributed by atoms with Gasteiger partial charge in [-0.15, -0.1) is 0 Å². The largest absolute Gasteiger partial charge is 0.336 e. The highest BCUT2D eigenvalue weighted by molar-refractivity contribution is 6.30. The number of benzene rings is 2. The van der Waals surface area contributed by atoms with Gasteiger partial charge < -0.3 is 10.2 Å². The molecule has 156 valence electrons. The van der Waals surface area contributed by atoms with Crippen LogP contribution in [0.2, 0.25) is 5.02 Å². The highest BCUT2D eigenvalue weighted by atomic mass is 35.5. The minimum atomic E-state index is 0.0172. The maximum Gasteiger partial charge on any atom is 0.274 e. The van der Waals surface area contributed by atoms with Gasteiger partial charge in [0.2, 0.25) is 0 Å². The van der Waals surface area contributed by atoms with E-state index in [2.05, 4.69) is 35.5 Å². The smallest absolute Gasteiger partial charge is 0.274 e. The van der Waals surface area contributed by atoms with E-state index in [1.165, 1.54) is 0 Å². The quantitative estimate of drug-likeness (QED) is 0.656. The van der Waals surface area contributed by atoms with E-state index in [4.69, 9.17) is 11.6 Å². The van der Waals surface area contributed by atoms with Crippen molar-refractivity contribution in [3.8, 4) is 22.4 Å². The monoisotopic (exact) mass is 422 g/mol. The number of nitrogens with zero attached hydrogens (tertiary/aromatic N) is 3. The molecule has 2 aromatic carbocycles. The van der Waals surface area contributed by atoms with Gasteiger partial charge in [-0.25, -0.2) is 0 Å². The average Bonchev–Trinajstić information content (AvgIpc) is 3.32. The summed E-state index contributed by atoms with van der Waals surface area (Å²) >= 11 is 6.03. The van der Waals surface area contributed by atoms with Crippen molar-refractivity contribution in [3.63, 3.8) is 0 Å². The van der Waals surface area contributed by atoms with Crippen LogP contribution in [0.1, 0.15) is 29.4 Å². The molecule has 1 fully saturated rings. The summed E-state index contributed by atoms with van der Waals surface area (Å²) in [5.41, 5.74) is 5.68. The molecule has 0 saturated carbocycles. The molecule has 4 rings (SSSR count). The minimum Gasteiger partial charge on any atom is -0.336 e. The summed E-state index contributed by atoms with van der Waals surface area (Å²) in [4.78, 5) is 15.1. The lowest BCUT2D eigenvalue weighted by atomic mass is 10.00. The molecule has 1 N–H and O–H groups in total. The van der Waals surface area contributed by atoms with E-state index >= 15 is 0 Å². The Bertz CT molecular complexity index is 1060. The first-order valence-electron chi connectivity index (χ1n) is 10.4. The van der Waals surface area contributed by atoms with Crippen LogP contribution in [0.15, 0.2) is 48.5 Å². The highest BCUT2D eigenvalue weighted by Crippen LogP contribution is 2.30. The maximum atomic E-state index is 13.1. The number of rotatable bonds is 5. The van der Waals surface area contributed by atoms with Gasteiger partial charge in [0.1, 0.15) is 0 Å². The number of nitrogens with one attached hydrogen (secondary N) is 1. The van der Waals surface area contributed by atoms with Crippen LogP contribution in [0.25, 0.3) is 22.4 Å². The van der Waals surface area contributed by atoms with Crippen molar-refractivity contribution in [2.45, 2.75) is 26.3 Å². The Morgan fingerprint density at radius 2 is 1.90 bits per heavy atom. The molecule has 1 amide bonds. The van der Waals surface area contributed by atoms with Crippen molar-refractivity contribution < 1.29 is 4.79 Å². The molecule has 1 aromatic heterocycles. The van der Waals surface area contributed by atoms with Crippen molar-refractivity contribution in [1.82, 2.24) is 20.0 Å². The lowest BCUT2D eigenvalue weighted by molar-refractivity contribution is 0.0782. The summed E-state index contributed by atoms with van der Waals surface area (Å²) in [5, 5.41) is 8.76. The topological polar surface area (TPSA) is 50.2 Å². The Kier molecular flexibility index (Phi) is 5.93. The third-order valence-corrected chi connectivity index (χ3v) is 6.02. The molecule has 0 bridgehead atoms. The van der Waals surface area contributed by atoms with Crippen molar-refractivity contribution >= 4 is 17.5 Å². The van der Waals surface area contributed by atoms with Crippen LogP contribution >= 0.6 is 11.6 Å². The second kappa shape index (κ2) is 8.62. The number of likely N-dealkylation sites (tertiary alicyclic amines) is 1. The van der Waals surface area contributed by atoms with Gasteiger partial charge in [0.15, 0.2) is 5.69 Å². The van der Waals surface area contributed by atoms with Crippen LogP contribution in [-0.2, 0) is 7.05 Å². The first-order chi connectivity index (χ1) is 14.5. The predicted octanol–water partition coefficient (Wildman–Crippen LogP) is 4.54. The highest BCUT2D eigenvalue weighted by Gasteiger charge is 2.30. The molecule has 2 heterocycles. The number of halogens is 1. The van der Waals surface area contributed by atoms with Crippen LogP contribution in [-0.4, -0.2) is 46.3 Å². The van der Waals surface area contributed by atoms with Crippen LogP contribution in [0.4, 0.5) is 0 Å². The third kappa shape index (κ3) is 4.00. The van der Waals surface area contributed by atoms with Gasteiger partial charge in [0, 0.05) is 42.3 Å². The van der Waals surface area contributed by atoms with Gasteiger partial charge in [-0.1, -0.05) is 48.9 Å². The maximum absolute atomic E-state index is 13.1. The molecule has 1 aliphatic rings. The zero-order valence-electron chi connectivity index (χ0n) is 17.7. The van der Waals surface area contributed by atoms with Gasteiger partial charge in [-0.05, 0) is 49.2 Å². The second-order valence-electron chi connectivity index (χ2n) is 7.83. The summed E-state index contributed by atoms with van der Waals surface area (Å²) in [6.07, 6.45) is 0.988. The molecule has 3 aromatic rings. The number of likely N-dealkylation sites (N-methyl/N-ethyl adjacent to an activating group) is 1. The fraction of sp³-hybridized carbons (Fsp3) is 0.333. The summed E-state index contributed by atoms with van der Waals surface area (Å²) in [7, 11) is 1.90. The molecule has 1 aliphatic heterocycles. The van der Waals surface area contributed by atoms with E-state index in [9.17, 15) is 4.79 Å². The van der Waals surface area contributed by atoms with E-state index in [-0.39, 0.29) is 5.91 Å². The molecule has 0 aliphatic carbocycles. The normalized spacial score (nSPS) is 16.3. The molecule has 5 nitrogen and oxygen atoms in total. The van der Waals surface area contributed by atoms with Crippen LogP contribution in [0.3, 0.4) is 0 Å². The summed E-state index contributed by atoms with van der Waals surface area (Å²) in [6.45, 7) is 6.52. The Morgan fingerprint density at radius 1 is 1.17 bits per heavy atom. The van der Waals surface area contributed by atoms with Crippen molar-refractivity contribution in [2.75, 3.05) is 19.6 Å². The van der Waals surface area contributed by atoms with Gasteiger partial charge in [0.05, 0.1) is 5.69 Å². The average molecular weight is 423 g/mol. The molecule has 1 saturated heterocycles. The third-order valence-electron chi connectivity index (χ3n) is 5.77. The number of aryl methyl sites for hydroxylation is 1. The van der Waals surface area contributed by atoms with Gasteiger partial charge >= 0.3 is 0 Å². The summed E-state index contributed by atoms with van der Waals surface area (Å²) in [6, 6.07) is 16.5. The number of carbonyl (C=O) groups is 1. The zero-order valence-corrected chi connectivity index (χ0v) is 18.4. The molecule has 6 heteroatoms. The number of amides is 1. The van der Waals surface area contributed by atoms with E-state index < -0.39 is 0 Å². The second-order valence-corrected chi connectivity index (χ2v) is 8.26. The lowest BCUT2D eigenvalue weighted by Crippen LogP contribution is -2.35. The van der Waals surface area contributed by atoms with Gasteiger partial charge in [0.25, 0.3) is 5.91 Å². The predicted molar refractivity (Wildman–Crippen MR) is 122 cm³/mol. The molecule has 0 radical (unpaired) electrons. The molecular weight excluding hydrogens is 396 g/mol. The van der Waals surface area contributed by atoms with Crippen LogP contribution in [0.5, 0.6) is 0 Å². The van der Waals surface area contributed by atoms with E-state index in [0.29, 0.717) is 11.7 Å². The molecule has 1 unspecified atom stereocenters. The lowest BCUT2D eigenvalue weighted by Gasteiger charge is -2.16. The van der Waals surface area contributed by atoms with Crippen molar-refractivity contribution in [1.29, 1.82) is 0 Å². The number of hydrogen-bond donors (Lipinski definition) is 1. The Hall–Kier alpha value is -2.63. The van der Waals surface area contributed by atoms with E-state index in [0.717, 1.165) is 59.0 Å². The Labute approximate surface area is 182 Å². The fourth-order valence-corrected chi connectivity index (χ4v) is 4.40. The molecule has 30 heavy (non-hydrogen) atoms. The summed E-state index contributed by atoms with van der Waals surface area (Å²) < 4.78 is 1.82. The van der Waals surface area contributed by atoms with Gasteiger partial charge in [-0.2, -0.15) is 5.10 Å². The standard InChI is InChI=1S/C24H27ClN4O/c1-4-26-21-12-13-29(15-21)24(30)22-16(2)23(28(3)27-22)19-7-5-6-18(14-19)17-8-10-20(25)11-9-17/h5-11,14,21,26H,4,12-13,15H2,1-3H3. The number of aromatic nitrogens is 2. The SMILES string of the molecule is CCNC1CCN(C(=O)c2nn(C)c(-c3cccc(-c4ccc(Cl)cc4)c3)c2C)C1.